The second kappa shape index (κ2) is 7.61. The molecule has 4 saturated carbocycles. The number of ether oxygens (including phenoxy) is 1. The molecule has 0 radical (unpaired) electrons. The normalized spacial score (nSPS) is 55.6. The fraction of sp³-hybridized carbons (Fsp3) is 0.926. The zero-order valence-corrected chi connectivity index (χ0v) is 20.4. The Morgan fingerprint density at radius 2 is 1.72 bits per heavy atom. The highest BCUT2D eigenvalue weighted by molar-refractivity contribution is 5.84. The maximum atomic E-state index is 13.4. The van der Waals surface area contributed by atoms with Crippen molar-refractivity contribution >= 4 is 11.6 Å². The molecule has 12 atom stereocenters. The largest absolute Gasteiger partial charge is 0.393 e. The van der Waals surface area contributed by atoms with E-state index in [-0.39, 0.29) is 64.3 Å². The quantitative estimate of drug-likeness (QED) is 0.640. The van der Waals surface area contributed by atoms with Crippen molar-refractivity contribution in [3.63, 3.8) is 0 Å². The van der Waals surface area contributed by atoms with E-state index >= 15 is 0 Å². The summed E-state index contributed by atoms with van der Waals surface area (Å²) in [5.41, 5.74) is -0.345. The first kappa shape index (κ1) is 23.0. The molecule has 1 saturated heterocycles. The molecule has 32 heavy (non-hydrogen) atoms. The summed E-state index contributed by atoms with van der Waals surface area (Å²) in [6.07, 6.45) is 3.64. The Hall–Kier alpha value is -0.780. The van der Waals surface area contributed by atoms with Crippen LogP contribution in [0.15, 0.2) is 0 Å². The van der Waals surface area contributed by atoms with E-state index in [4.69, 9.17) is 4.74 Å². The molecule has 5 heteroatoms. The SMILES string of the molecule is CC(C)C1O[C@H]2C[C@H]3[C@@H]4CC(=O)[C@H]5C[C@@H](O)CC[C@]5(C)[C@H]4[C@H](O)C[C@]3(C)[C@H]2[C@H](C)CC1=O. The minimum atomic E-state index is -0.442. The standard InChI is InChI=1S/C27H42O5/c1-13(2)25-20(30)8-14(3)23-22(32-25)11-17-16-10-19(29)18-9-15(28)6-7-26(18,4)24(16)21(31)12-27(17,23)5/h13-18,21-25,28,31H,6-12H2,1-5H3/t14-,15+,16+,17+,18-,21-,22+,23+,24-,25?,26+,27+/m1/s1. The van der Waals surface area contributed by atoms with Crippen molar-refractivity contribution in [1.82, 2.24) is 0 Å². The molecule has 0 bridgehead atoms. The molecule has 0 amide bonds. The lowest BCUT2D eigenvalue weighted by molar-refractivity contribution is -0.185. The summed E-state index contributed by atoms with van der Waals surface area (Å²) in [5, 5.41) is 21.9. The van der Waals surface area contributed by atoms with Gasteiger partial charge in [-0.25, -0.2) is 0 Å². The number of hydrogen-bond donors (Lipinski definition) is 2. The molecule has 1 unspecified atom stereocenters. The van der Waals surface area contributed by atoms with E-state index in [9.17, 15) is 19.8 Å². The lowest BCUT2D eigenvalue weighted by Gasteiger charge is -2.61. The van der Waals surface area contributed by atoms with Gasteiger partial charge in [0.25, 0.3) is 0 Å². The average molecular weight is 447 g/mol. The van der Waals surface area contributed by atoms with Crippen LogP contribution in [-0.4, -0.2) is 46.2 Å². The van der Waals surface area contributed by atoms with Crippen LogP contribution in [0.4, 0.5) is 0 Å². The Balaban J connectivity index is 1.51. The van der Waals surface area contributed by atoms with Crippen LogP contribution in [0.3, 0.4) is 0 Å². The maximum Gasteiger partial charge on any atom is 0.162 e. The van der Waals surface area contributed by atoms with E-state index in [1.54, 1.807) is 0 Å². The van der Waals surface area contributed by atoms with Gasteiger partial charge < -0.3 is 14.9 Å². The summed E-state index contributed by atoms with van der Waals surface area (Å²) in [7, 11) is 0. The van der Waals surface area contributed by atoms with Gasteiger partial charge in [-0.05, 0) is 78.4 Å². The smallest absolute Gasteiger partial charge is 0.162 e. The Morgan fingerprint density at radius 1 is 1.00 bits per heavy atom. The van der Waals surface area contributed by atoms with E-state index < -0.39 is 12.2 Å². The van der Waals surface area contributed by atoms with Crippen molar-refractivity contribution in [2.24, 2.45) is 52.3 Å². The van der Waals surface area contributed by atoms with E-state index in [2.05, 4.69) is 34.6 Å². The van der Waals surface area contributed by atoms with Crippen molar-refractivity contribution < 1.29 is 24.5 Å². The van der Waals surface area contributed by atoms with Crippen LogP contribution >= 0.6 is 0 Å². The molecule has 5 fully saturated rings. The molecule has 0 spiro atoms. The summed E-state index contributed by atoms with van der Waals surface area (Å²) in [5.74, 6) is 1.62. The lowest BCUT2D eigenvalue weighted by Crippen LogP contribution is -2.61. The molecule has 180 valence electrons. The van der Waals surface area contributed by atoms with E-state index in [1.807, 2.05) is 0 Å². The molecular formula is C27H42O5. The Kier molecular flexibility index (Phi) is 5.47. The Labute approximate surface area is 192 Å². The number of hydrogen-bond acceptors (Lipinski definition) is 5. The summed E-state index contributed by atoms with van der Waals surface area (Å²) >= 11 is 0. The zero-order valence-electron chi connectivity index (χ0n) is 20.4. The summed E-state index contributed by atoms with van der Waals surface area (Å²) in [6.45, 7) is 10.8. The van der Waals surface area contributed by atoms with Gasteiger partial charge in [0.1, 0.15) is 11.9 Å². The minimum Gasteiger partial charge on any atom is -0.393 e. The van der Waals surface area contributed by atoms with Crippen LogP contribution in [0.5, 0.6) is 0 Å². The van der Waals surface area contributed by atoms with Crippen LogP contribution in [0, 0.1) is 52.3 Å². The number of aliphatic hydroxyl groups is 2. The van der Waals surface area contributed by atoms with Crippen molar-refractivity contribution in [2.75, 3.05) is 0 Å². The third kappa shape index (κ3) is 3.13. The molecular weight excluding hydrogens is 404 g/mol. The van der Waals surface area contributed by atoms with Gasteiger partial charge in [0.05, 0.1) is 18.3 Å². The van der Waals surface area contributed by atoms with Gasteiger partial charge in [0.15, 0.2) is 5.78 Å². The first-order valence-electron chi connectivity index (χ1n) is 13.0. The van der Waals surface area contributed by atoms with Crippen LogP contribution < -0.4 is 0 Å². The van der Waals surface area contributed by atoms with Gasteiger partial charge in [0.2, 0.25) is 0 Å². The van der Waals surface area contributed by atoms with Gasteiger partial charge in [-0.1, -0.05) is 34.6 Å². The second-order valence-electron chi connectivity index (χ2n) is 13.0. The van der Waals surface area contributed by atoms with Crippen LogP contribution in [0.1, 0.15) is 79.6 Å². The highest BCUT2D eigenvalue weighted by atomic mass is 16.5. The van der Waals surface area contributed by atoms with Gasteiger partial charge in [-0.3, -0.25) is 9.59 Å². The molecule has 5 nitrogen and oxygen atoms in total. The Bertz CT molecular complexity index is 793. The number of aliphatic hydroxyl groups excluding tert-OH is 2. The van der Waals surface area contributed by atoms with Crippen LogP contribution in [-0.2, 0) is 14.3 Å². The molecule has 1 aliphatic heterocycles. The fourth-order valence-electron chi connectivity index (χ4n) is 9.69. The fourth-order valence-corrected chi connectivity index (χ4v) is 9.69. The molecule has 5 aliphatic rings. The summed E-state index contributed by atoms with van der Waals surface area (Å²) < 4.78 is 6.58. The second-order valence-corrected chi connectivity index (χ2v) is 13.0. The van der Waals surface area contributed by atoms with Crippen molar-refractivity contribution in [2.45, 2.75) is 104 Å². The van der Waals surface area contributed by atoms with Crippen molar-refractivity contribution in [1.29, 1.82) is 0 Å². The number of rotatable bonds is 1. The third-order valence-electron chi connectivity index (χ3n) is 10.8. The average Bonchev–Trinajstić information content (AvgIpc) is 2.90. The molecule has 0 aromatic carbocycles. The highest BCUT2D eigenvalue weighted by Gasteiger charge is 2.67. The first-order chi connectivity index (χ1) is 15.0. The maximum absolute atomic E-state index is 13.4. The van der Waals surface area contributed by atoms with E-state index in [0.29, 0.717) is 31.0 Å². The third-order valence-corrected chi connectivity index (χ3v) is 10.8. The van der Waals surface area contributed by atoms with Gasteiger partial charge >= 0.3 is 0 Å². The number of ketones is 2. The highest BCUT2D eigenvalue weighted by Crippen LogP contribution is 2.68. The molecule has 5 rings (SSSR count). The molecule has 0 aromatic heterocycles. The van der Waals surface area contributed by atoms with Gasteiger partial charge in [-0.2, -0.15) is 0 Å². The number of carbonyl (C=O) groups excluding carboxylic acids is 2. The molecule has 0 aromatic rings. The number of carbonyl (C=O) groups is 2. The summed E-state index contributed by atoms with van der Waals surface area (Å²) in [6, 6.07) is 0. The predicted molar refractivity (Wildman–Crippen MR) is 121 cm³/mol. The van der Waals surface area contributed by atoms with E-state index in [0.717, 1.165) is 25.7 Å². The predicted octanol–water partition coefficient (Wildman–Crippen LogP) is 3.78. The first-order valence-corrected chi connectivity index (χ1v) is 13.0. The van der Waals surface area contributed by atoms with Crippen molar-refractivity contribution in [3.8, 4) is 0 Å². The van der Waals surface area contributed by atoms with E-state index in [1.165, 1.54) is 0 Å². The Morgan fingerprint density at radius 3 is 2.41 bits per heavy atom. The monoisotopic (exact) mass is 446 g/mol. The van der Waals surface area contributed by atoms with Crippen molar-refractivity contribution in [3.05, 3.63) is 0 Å². The molecule has 2 N–H and O–H groups in total. The number of Topliss-reactive ketones (excluding diaryl/α,β-unsaturated/α-hetero) is 2. The van der Waals surface area contributed by atoms with Gasteiger partial charge in [-0.15, -0.1) is 0 Å². The topological polar surface area (TPSA) is 83.8 Å². The molecule has 1 heterocycles. The summed E-state index contributed by atoms with van der Waals surface area (Å²) in [4.78, 5) is 26.3. The minimum absolute atomic E-state index is 0.0265. The number of fused-ring (bicyclic) bond motifs is 7. The van der Waals surface area contributed by atoms with Gasteiger partial charge in [0, 0.05) is 18.8 Å². The van der Waals surface area contributed by atoms with Crippen LogP contribution in [0.25, 0.3) is 0 Å². The zero-order chi connectivity index (χ0) is 23.2. The lowest BCUT2D eigenvalue weighted by atomic mass is 9.43. The van der Waals surface area contributed by atoms with Crippen LogP contribution in [0.2, 0.25) is 0 Å². The molecule has 4 aliphatic carbocycles.